The van der Waals surface area contributed by atoms with Crippen LogP contribution < -0.4 is 19.7 Å². The largest absolute Gasteiger partial charge is 0.495 e. The average molecular weight is 425 g/mol. The Hall–Kier alpha value is -3.25. The number of benzene rings is 3. The molecule has 1 N–H and O–H groups in total. The third-order valence-corrected chi connectivity index (χ3v) is 5.48. The monoisotopic (exact) mass is 424 g/mol. The Bertz CT molecular complexity index is 1140. The molecule has 1 heterocycles. The Morgan fingerprint density at radius 3 is 2.53 bits per heavy atom. The van der Waals surface area contributed by atoms with E-state index in [1.807, 2.05) is 36.4 Å². The van der Waals surface area contributed by atoms with Crippen LogP contribution in [0, 0.1) is 0 Å². The number of methoxy groups -OCH3 is 2. The number of halogens is 1. The van der Waals surface area contributed by atoms with Crippen LogP contribution in [-0.4, -0.2) is 32.6 Å². The molecule has 0 aliphatic carbocycles. The van der Waals surface area contributed by atoms with Gasteiger partial charge in [-0.05, 0) is 23.9 Å². The van der Waals surface area contributed by atoms with Crippen molar-refractivity contribution in [1.29, 1.82) is 0 Å². The fourth-order valence-electron chi connectivity index (χ4n) is 3.77. The zero-order valence-electron chi connectivity index (χ0n) is 16.7. The van der Waals surface area contributed by atoms with Crippen molar-refractivity contribution in [2.24, 2.45) is 0 Å². The fourth-order valence-corrected chi connectivity index (χ4v) is 4.00. The molecular weight excluding hydrogens is 404 g/mol. The molecule has 4 rings (SSSR count). The SMILES string of the molecule is COc1cc(NC(=O)CCCN2C(=O)c3cccc4cccc2c34)c(OC)cc1Cl. The van der Waals surface area contributed by atoms with Crippen LogP contribution in [0.1, 0.15) is 23.2 Å². The molecule has 154 valence electrons. The van der Waals surface area contributed by atoms with Gasteiger partial charge < -0.3 is 19.7 Å². The van der Waals surface area contributed by atoms with Gasteiger partial charge in [-0.25, -0.2) is 0 Å². The summed E-state index contributed by atoms with van der Waals surface area (Å²) in [6, 6.07) is 14.9. The zero-order chi connectivity index (χ0) is 21.3. The summed E-state index contributed by atoms with van der Waals surface area (Å²) in [4.78, 5) is 27.0. The summed E-state index contributed by atoms with van der Waals surface area (Å²) in [5.74, 6) is 0.693. The highest BCUT2D eigenvalue weighted by atomic mass is 35.5. The van der Waals surface area contributed by atoms with Gasteiger partial charge in [0.15, 0.2) is 0 Å². The first-order valence-electron chi connectivity index (χ1n) is 9.58. The molecular formula is C23H21ClN2O4. The molecule has 7 heteroatoms. The molecule has 1 aliphatic heterocycles. The lowest BCUT2D eigenvalue weighted by molar-refractivity contribution is -0.116. The average Bonchev–Trinajstić information content (AvgIpc) is 3.02. The highest BCUT2D eigenvalue weighted by Crippen LogP contribution is 2.38. The van der Waals surface area contributed by atoms with Crippen molar-refractivity contribution in [3.8, 4) is 11.5 Å². The highest BCUT2D eigenvalue weighted by Gasteiger charge is 2.29. The molecule has 0 atom stereocenters. The summed E-state index contributed by atoms with van der Waals surface area (Å²) in [6.45, 7) is 0.459. The normalized spacial score (nSPS) is 12.4. The first-order chi connectivity index (χ1) is 14.5. The molecule has 0 aromatic heterocycles. The smallest absolute Gasteiger partial charge is 0.258 e. The van der Waals surface area contributed by atoms with Gasteiger partial charge in [-0.1, -0.05) is 35.9 Å². The van der Waals surface area contributed by atoms with E-state index in [4.69, 9.17) is 21.1 Å². The van der Waals surface area contributed by atoms with Crippen LogP contribution in [0.25, 0.3) is 10.8 Å². The summed E-state index contributed by atoms with van der Waals surface area (Å²) in [7, 11) is 3.01. The molecule has 0 spiro atoms. The van der Waals surface area contributed by atoms with Gasteiger partial charge in [0.2, 0.25) is 5.91 Å². The minimum Gasteiger partial charge on any atom is -0.495 e. The molecule has 0 saturated carbocycles. The molecule has 6 nitrogen and oxygen atoms in total. The Balaban J connectivity index is 1.42. The number of anilines is 2. The molecule has 30 heavy (non-hydrogen) atoms. The Kier molecular flexibility index (Phi) is 5.50. The van der Waals surface area contributed by atoms with Crippen LogP contribution in [0.2, 0.25) is 5.02 Å². The van der Waals surface area contributed by atoms with Crippen molar-refractivity contribution in [3.63, 3.8) is 0 Å². The summed E-state index contributed by atoms with van der Waals surface area (Å²) in [6.07, 6.45) is 0.777. The number of nitrogens with zero attached hydrogens (tertiary/aromatic N) is 1. The van der Waals surface area contributed by atoms with Crippen molar-refractivity contribution in [3.05, 3.63) is 59.1 Å². The number of carbonyl (C=O) groups excluding carboxylic acids is 2. The summed E-state index contributed by atoms with van der Waals surface area (Å²) >= 11 is 6.10. The Labute approximate surface area is 179 Å². The van der Waals surface area contributed by atoms with E-state index in [2.05, 4.69) is 5.32 Å². The van der Waals surface area contributed by atoms with Crippen molar-refractivity contribution in [1.82, 2.24) is 0 Å². The molecule has 1 aliphatic rings. The maximum atomic E-state index is 12.8. The van der Waals surface area contributed by atoms with Crippen LogP contribution in [0.5, 0.6) is 11.5 Å². The van der Waals surface area contributed by atoms with Gasteiger partial charge in [-0.3, -0.25) is 9.59 Å². The van der Waals surface area contributed by atoms with Crippen LogP contribution >= 0.6 is 11.6 Å². The number of hydrogen-bond acceptors (Lipinski definition) is 4. The predicted molar refractivity (Wildman–Crippen MR) is 118 cm³/mol. The van der Waals surface area contributed by atoms with Gasteiger partial charge in [-0.15, -0.1) is 0 Å². The van der Waals surface area contributed by atoms with Gasteiger partial charge in [0.25, 0.3) is 5.91 Å². The van der Waals surface area contributed by atoms with Gasteiger partial charge in [-0.2, -0.15) is 0 Å². The van der Waals surface area contributed by atoms with Crippen molar-refractivity contribution >= 4 is 45.6 Å². The van der Waals surface area contributed by atoms with Crippen molar-refractivity contribution in [2.45, 2.75) is 12.8 Å². The van der Waals surface area contributed by atoms with Crippen LogP contribution in [0.3, 0.4) is 0 Å². The third-order valence-electron chi connectivity index (χ3n) is 5.18. The number of ether oxygens (including phenoxy) is 2. The Morgan fingerprint density at radius 1 is 1.07 bits per heavy atom. The summed E-state index contributed by atoms with van der Waals surface area (Å²) in [5.41, 5.74) is 2.10. The molecule has 0 radical (unpaired) electrons. The van der Waals surface area contributed by atoms with E-state index in [0.29, 0.717) is 40.7 Å². The number of rotatable bonds is 7. The Morgan fingerprint density at radius 2 is 1.80 bits per heavy atom. The van der Waals surface area contributed by atoms with Gasteiger partial charge in [0.05, 0.1) is 30.6 Å². The van der Waals surface area contributed by atoms with Gasteiger partial charge in [0, 0.05) is 36.0 Å². The lowest BCUT2D eigenvalue weighted by Gasteiger charge is -2.18. The topological polar surface area (TPSA) is 67.9 Å². The van der Waals surface area contributed by atoms with Crippen LogP contribution in [0.4, 0.5) is 11.4 Å². The maximum Gasteiger partial charge on any atom is 0.258 e. The second-order valence-electron chi connectivity index (χ2n) is 6.98. The van der Waals surface area contributed by atoms with Gasteiger partial charge in [0.1, 0.15) is 11.5 Å². The standard InChI is InChI=1S/C23H21ClN2O4/c1-29-19-13-17(20(30-2)12-16(19)24)25-21(27)10-5-11-26-18-9-4-7-14-6-3-8-15(22(14)18)23(26)28/h3-4,6-9,12-13H,5,10-11H2,1-2H3,(H,25,27). The molecule has 0 saturated heterocycles. The zero-order valence-corrected chi connectivity index (χ0v) is 17.5. The van der Waals surface area contributed by atoms with E-state index < -0.39 is 0 Å². The fraction of sp³-hybridized carbons (Fsp3) is 0.217. The summed E-state index contributed by atoms with van der Waals surface area (Å²) < 4.78 is 10.5. The minimum atomic E-state index is -0.181. The predicted octanol–water partition coefficient (Wildman–Crippen LogP) is 4.89. The van der Waals surface area contributed by atoms with E-state index >= 15 is 0 Å². The second kappa shape index (κ2) is 8.24. The van der Waals surface area contributed by atoms with E-state index in [-0.39, 0.29) is 18.2 Å². The minimum absolute atomic E-state index is 0.0219. The number of amides is 2. The van der Waals surface area contributed by atoms with Crippen molar-refractivity contribution < 1.29 is 19.1 Å². The number of carbonyl (C=O) groups is 2. The van der Waals surface area contributed by atoms with Crippen LogP contribution in [-0.2, 0) is 4.79 Å². The first-order valence-corrected chi connectivity index (χ1v) is 9.96. The summed E-state index contributed by atoms with van der Waals surface area (Å²) in [5, 5.41) is 5.25. The maximum absolute atomic E-state index is 12.8. The molecule has 0 bridgehead atoms. The lowest BCUT2D eigenvalue weighted by atomic mass is 10.1. The molecule has 0 fully saturated rings. The molecule has 2 amide bonds. The highest BCUT2D eigenvalue weighted by molar-refractivity contribution is 6.32. The van der Waals surface area contributed by atoms with Gasteiger partial charge >= 0.3 is 0 Å². The lowest BCUT2D eigenvalue weighted by Crippen LogP contribution is -2.28. The molecule has 3 aromatic carbocycles. The molecule has 3 aromatic rings. The molecule has 0 unspecified atom stereocenters. The van der Waals surface area contributed by atoms with E-state index in [1.165, 1.54) is 14.2 Å². The van der Waals surface area contributed by atoms with E-state index in [1.54, 1.807) is 17.0 Å². The van der Waals surface area contributed by atoms with E-state index in [9.17, 15) is 9.59 Å². The quantitative estimate of drug-likeness (QED) is 0.586. The first kappa shape index (κ1) is 20.0. The number of nitrogens with one attached hydrogen (secondary N) is 1. The third kappa shape index (κ3) is 3.55. The van der Waals surface area contributed by atoms with Crippen LogP contribution in [0.15, 0.2) is 48.5 Å². The van der Waals surface area contributed by atoms with Crippen molar-refractivity contribution in [2.75, 3.05) is 31.0 Å². The second-order valence-corrected chi connectivity index (χ2v) is 7.38. The van der Waals surface area contributed by atoms with E-state index in [0.717, 1.165) is 16.5 Å². The number of hydrogen-bond donors (Lipinski definition) is 1.